The lowest BCUT2D eigenvalue weighted by Crippen LogP contribution is -2.06. The van der Waals surface area contributed by atoms with E-state index >= 15 is 0 Å². The number of fused-ring (bicyclic) bond motifs is 1. The van der Waals surface area contributed by atoms with E-state index in [1.807, 2.05) is 29.7 Å². The summed E-state index contributed by atoms with van der Waals surface area (Å²) in [7, 11) is 0. The molecule has 7 heteroatoms. The molecule has 0 unspecified atom stereocenters. The Hall–Kier alpha value is -2.15. The monoisotopic (exact) mass is 361 g/mol. The van der Waals surface area contributed by atoms with Crippen LogP contribution in [0.25, 0.3) is 11.2 Å². The molecule has 0 fully saturated rings. The molecule has 3 rings (SSSR count). The van der Waals surface area contributed by atoms with Gasteiger partial charge in [-0.3, -0.25) is 4.57 Å². The Morgan fingerprint density at radius 1 is 1.18 bits per heavy atom. The Kier molecular flexibility index (Phi) is 4.24. The van der Waals surface area contributed by atoms with E-state index in [0.717, 1.165) is 12.0 Å². The van der Waals surface area contributed by atoms with E-state index in [1.165, 1.54) is 0 Å². The lowest BCUT2D eigenvalue weighted by molar-refractivity contribution is 0.293. The number of aromatic nitrogens is 4. The number of nitrogens with two attached hydrogens (primary N) is 1. The second kappa shape index (κ2) is 6.31. The maximum atomic E-state index is 5.98. The first kappa shape index (κ1) is 14.8. The Morgan fingerprint density at radius 2 is 1.95 bits per heavy atom. The zero-order valence-electron chi connectivity index (χ0n) is 12.2. The Balaban J connectivity index is 2.05. The lowest BCUT2D eigenvalue weighted by atomic mass is 10.2. The van der Waals surface area contributed by atoms with Crippen LogP contribution < -0.4 is 10.5 Å². The lowest BCUT2D eigenvalue weighted by Gasteiger charge is -2.07. The van der Waals surface area contributed by atoms with Gasteiger partial charge in [-0.25, -0.2) is 4.98 Å². The van der Waals surface area contributed by atoms with Crippen molar-refractivity contribution in [2.45, 2.75) is 19.9 Å². The summed E-state index contributed by atoms with van der Waals surface area (Å²) in [6.45, 7) is 3.22. The fourth-order valence-electron chi connectivity index (χ4n) is 2.14. The van der Waals surface area contributed by atoms with Crippen molar-refractivity contribution < 1.29 is 4.74 Å². The number of benzene rings is 1. The second-order valence-corrected chi connectivity index (χ2v) is 5.57. The van der Waals surface area contributed by atoms with Gasteiger partial charge in [-0.05, 0) is 27.9 Å². The van der Waals surface area contributed by atoms with Crippen LogP contribution in [0.4, 0.5) is 5.82 Å². The topological polar surface area (TPSA) is 78.9 Å². The minimum absolute atomic E-state index is 0.286. The first-order chi connectivity index (χ1) is 10.7. The maximum Gasteiger partial charge on any atom is 0.320 e. The third-order valence-electron chi connectivity index (χ3n) is 3.17. The first-order valence-electron chi connectivity index (χ1n) is 7.05. The summed E-state index contributed by atoms with van der Waals surface area (Å²) in [5.41, 5.74) is 8.36. The fraction of sp³-hybridized carbons (Fsp3) is 0.267. The van der Waals surface area contributed by atoms with Gasteiger partial charge in [0.2, 0.25) is 0 Å². The summed E-state index contributed by atoms with van der Waals surface area (Å²) >= 11 is 3.47. The molecule has 0 amide bonds. The van der Waals surface area contributed by atoms with E-state index in [9.17, 15) is 0 Å². The van der Waals surface area contributed by atoms with Crippen LogP contribution >= 0.6 is 15.9 Å². The number of nitrogens with zero attached hydrogens (tertiary/aromatic N) is 4. The largest absolute Gasteiger partial charge is 0.463 e. The SMILES string of the molecule is CCCOc1nc(N)c2nc(Br)n(Cc3ccccc3)c2n1. The van der Waals surface area contributed by atoms with Crippen LogP contribution in [0, 0.1) is 0 Å². The van der Waals surface area contributed by atoms with Gasteiger partial charge in [0, 0.05) is 0 Å². The molecule has 2 heterocycles. The summed E-state index contributed by atoms with van der Waals surface area (Å²) < 4.78 is 8.11. The van der Waals surface area contributed by atoms with Crippen LogP contribution in [0.2, 0.25) is 0 Å². The highest BCUT2D eigenvalue weighted by Crippen LogP contribution is 2.25. The molecule has 0 aliphatic carbocycles. The van der Waals surface area contributed by atoms with Gasteiger partial charge in [0.05, 0.1) is 13.2 Å². The first-order valence-corrected chi connectivity index (χ1v) is 7.84. The van der Waals surface area contributed by atoms with Crippen molar-refractivity contribution in [2.75, 3.05) is 12.3 Å². The van der Waals surface area contributed by atoms with E-state index in [2.05, 4.69) is 43.0 Å². The number of ether oxygens (including phenoxy) is 1. The Bertz CT molecular complexity index is 787. The van der Waals surface area contributed by atoms with Crippen LogP contribution in [-0.2, 0) is 6.54 Å². The molecular formula is C15H16BrN5O. The molecule has 0 saturated heterocycles. The Labute approximate surface area is 136 Å². The van der Waals surface area contributed by atoms with Crippen LogP contribution in [0.3, 0.4) is 0 Å². The third-order valence-corrected chi connectivity index (χ3v) is 3.78. The maximum absolute atomic E-state index is 5.98. The summed E-state index contributed by atoms with van der Waals surface area (Å²) in [6, 6.07) is 10.4. The van der Waals surface area contributed by atoms with Gasteiger partial charge in [0.15, 0.2) is 21.7 Å². The average molecular weight is 362 g/mol. The van der Waals surface area contributed by atoms with Crippen LogP contribution in [0.1, 0.15) is 18.9 Å². The predicted octanol–water partition coefficient (Wildman–Crippen LogP) is 3.01. The molecule has 0 aliphatic heterocycles. The standard InChI is InChI=1S/C15H16BrN5O/c1-2-8-22-15-19-12(17)11-13(20-15)21(14(16)18-11)9-10-6-4-3-5-7-10/h3-7H,2,8-9H2,1H3,(H2,17,19,20). The molecule has 22 heavy (non-hydrogen) atoms. The minimum atomic E-state index is 0.286. The average Bonchev–Trinajstić information content (AvgIpc) is 2.83. The number of hydrogen-bond donors (Lipinski definition) is 1. The van der Waals surface area contributed by atoms with E-state index in [-0.39, 0.29) is 6.01 Å². The molecule has 1 aromatic carbocycles. The molecule has 3 aromatic rings. The molecule has 0 saturated carbocycles. The molecule has 0 atom stereocenters. The van der Waals surface area contributed by atoms with Crippen molar-refractivity contribution >= 4 is 32.9 Å². The zero-order valence-corrected chi connectivity index (χ0v) is 13.7. The van der Waals surface area contributed by atoms with Gasteiger partial charge in [-0.2, -0.15) is 9.97 Å². The van der Waals surface area contributed by atoms with E-state index < -0.39 is 0 Å². The predicted molar refractivity (Wildman–Crippen MR) is 88.8 cm³/mol. The number of hydrogen-bond acceptors (Lipinski definition) is 5. The van der Waals surface area contributed by atoms with Crippen LogP contribution in [-0.4, -0.2) is 26.1 Å². The number of rotatable bonds is 5. The molecule has 0 bridgehead atoms. The van der Waals surface area contributed by atoms with Gasteiger partial charge >= 0.3 is 6.01 Å². The molecule has 0 aliphatic rings. The summed E-state index contributed by atoms with van der Waals surface area (Å²) in [6.07, 6.45) is 0.883. The summed E-state index contributed by atoms with van der Waals surface area (Å²) in [4.78, 5) is 13.0. The molecule has 0 radical (unpaired) electrons. The van der Waals surface area contributed by atoms with E-state index in [0.29, 0.717) is 34.9 Å². The van der Waals surface area contributed by atoms with Crippen molar-refractivity contribution in [2.24, 2.45) is 0 Å². The molecule has 114 valence electrons. The van der Waals surface area contributed by atoms with Crippen LogP contribution in [0.5, 0.6) is 6.01 Å². The fourth-order valence-corrected chi connectivity index (χ4v) is 2.61. The van der Waals surface area contributed by atoms with Crippen molar-refractivity contribution in [3.63, 3.8) is 0 Å². The van der Waals surface area contributed by atoms with Crippen molar-refractivity contribution in [1.82, 2.24) is 19.5 Å². The van der Waals surface area contributed by atoms with E-state index in [1.54, 1.807) is 0 Å². The molecule has 2 N–H and O–H groups in total. The quantitative estimate of drug-likeness (QED) is 0.706. The number of halogens is 1. The summed E-state index contributed by atoms with van der Waals surface area (Å²) in [5, 5.41) is 0. The van der Waals surface area contributed by atoms with Crippen molar-refractivity contribution in [1.29, 1.82) is 0 Å². The van der Waals surface area contributed by atoms with Crippen molar-refractivity contribution in [3.8, 4) is 6.01 Å². The zero-order chi connectivity index (χ0) is 15.5. The van der Waals surface area contributed by atoms with Crippen molar-refractivity contribution in [3.05, 3.63) is 40.6 Å². The second-order valence-electron chi connectivity index (χ2n) is 4.86. The third kappa shape index (κ3) is 2.89. The minimum Gasteiger partial charge on any atom is -0.463 e. The summed E-state index contributed by atoms with van der Waals surface area (Å²) in [5.74, 6) is 0.323. The normalized spacial score (nSPS) is 11.0. The highest BCUT2D eigenvalue weighted by Gasteiger charge is 2.16. The number of anilines is 1. The smallest absolute Gasteiger partial charge is 0.320 e. The van der Waals surface area contributed by atoms with Gasteiger partial charge in [-0.15, -0.1) is 0 Å². The highest BCUT2D eigenvalue weighted by molar-refractivity contribution is 9.10. The molecule has 2 aromatic heterocycles. The van der Waals surface area contributed by atoms with Gasteiger partial charge < -0.3 is 10.5 Å². The number of imidazole rings is 1. The van der Waals surface area contributed by atoms with Gasteiger partial charge in [0.25, 0.3) is 0 Å². The molecular weight excluding hydrogens is 346 g/mol. The Morgan fingerprint density at radius 3 is 2.68 bits per heavy atom. The van der Waals surface area contributed by atoms with Gasteiger partial charge in [0.1, 0.15) is 0 Å². The molecule has 6 nitrogen and oxygen atoms in total. The van der Waals surface area contributed by atoms with Gasteiger partial charge in [-0.1, -0.05) is 37.3 Å². The number of nitrogen functional groups attached to an aromatic ring is 1. The molecule has 0 spiro atoms. The van der Waals surface area contributed by atoms with Crippen LogP contribution in [0.15, 0.2) is 35.1 Å². The highest BCUT2D eigenvalue weighted by atomic mass is 79.9. The van der Waals surface area contributed by atoms with E-state index in [4.69, 9.17) is 10.5 Å².